The first-order chi connectivity index (χ1) is 15.1. The Morgan fingerprint density at radius 3 is 2.52 bits per heavy atom. The van der Waals surface area contributed by atoms with E-state index in [0.717, 1.165) is 70.7 Å². The van der Waals surface area contributed by atoms with Gasteiger partial charge in [-0.3, -0.25) is 9.89 Å². The van der Waals surface area contributed by atoms with Gasteiger partial charge in [0.05, 0.1) is 13.2 Å². The molecule has 0 radical (unpaired) electrons. The fourth-order valence-corrected chi connectivity index (χ4v) is 4.94. The van der Waals surface area contributed by atoms with Crippen molar-refractivity contribution < 1.29 is 4.74 Å². The largest absolute Gasteiger partial charge is 0.379 e. The maximum Gasteiger partial charge on any atom is 0.193 e. The maximum absolute atomic E-state index is 5.49. The Labute approximate surface area is 189 Å². The lowest BCUT2D eigenvalue weighted by Gasteiger charge is -2.37. The molecule has 2 N–H and O–H groups in total. The zero-order valence-electron chi connectivity index (χ0n) is 20.1. The van der Waals surface area contributed by atoms with Crippen molar-refractivity contribution in [3.63, 3.8) is 0 Å². The van der Waals surface area contributed by atoms with Gasteiger partial charge in [-0.15, -0.1) is 0 Å². The zero-order valence-corrected chi connectivity index (χ0v) is 20.1. The number of likely N-dealkylation sites (tertiary alicyclic amines) is 1. The number of benzene rings is 1. The van der Waals surface area contributed by atoms with Crippen molar-refractivity contribution in [2.75, 3.05) is 59.5 Å². The summed E-state index contributed by atoms with van der Waals surface area (Å²) in [6, 6.07) is 11.0. The zero-order chi connectivity index (χ0) is 22.1. The Kier molecular flexibility index (Phi) is 9.17. The molecule has 174 valence electrons. The van der Waals surface area contributed by atoms with Crippen LogP contribution in [0, 0.1) is 5.92 Å². The molecule has 2 atom stereocenters. The van der Waals surface area contributed by atoms with E-state index in [1.807, 2.05) is 7.05 Å². The van der Waals surface area contributed by atoms with Crippen LogP contribution in [-0.4, -0.2) is 80.8 Å². The first kappa shape index (κ1) is 24.0. The number of rotatable bonds is 9. The van der Waals surface area contributed by atoms with Crippen LogP contribution in [0.2, 0.25) is 0 Å². The van der Waals surface area contributed by atoms with E-state index in [1.165, 1.54) is 18.5 Å². The van der Waals surface area contributed by atoms with E-state index in [-0.39, 0.29) is 5.54 Å². The fourth-order valence-electron chi connectivity index (χ4n) is 4.94. The number of nitrogens with one attached hydrogen (secondary N) is 2. The minimum Gasteiger partial charge on any atom is -0.379 e. The first-order valence-corrected chi connectivity index (χ1v) is 12.2. The second-order valence-electron chi connectivity index (χ2n) is 9.18. The van der Waals surface area contributed by atoms with Crippen LogP contribution in [0.5, 0.6) is 0 Å². The van der Waals surface area contributed by atoms with Crippen molar-refractivity contribution in [1.29, 1.82) is 0 Å². The highest BCUT2D eigenvalue weighted by molar-refractivity contribution is 5.80. The van der Waals surface area contributed by atoms with Crippen LogP contribution >= 0.6 is 0 Å². The molecule has 3 rings (SSSR count). The second kappa shape index (κ2) is 11.8. The molecule has 1 aromatic rings. The van der Waals surface area contributed by atoms with E-state index in [0.29, 0.717) is 6.04 Å². The number of ether oxygens (including phenoxy) is 1. The van der Waals surface area contributed by atoms with Gasteiger partial charge in [-0.1, -0.05) is 44.2 Å². The summed E-state index contributed by atoms with van der Waals surface area (Å²) in [6.07, 6.45) is 3.39. The van der Waals surface area contributed by atoms with E-state index < -0.39 is 0 Å². The predicted molar refractivity (Wildman–Crippen MR) is 130 cm³/mol. The molecule has 0 saturated carbocycles. The molecule has 2 fully saturated rings. The minimum absolute atomic E-state index is 0.0398. The van der Waals surface area contributed by atoms with Gasteiger partial charge in [0.25, 0.3) is 0 Å². The van der Waals surface area contributed by atoms with E-state index >= 15 is 0 Å². The van der Waals surface area contributed by atoms with Gasteiger partial charge in [0, 0.05) is 57.9 Å². The average molecular weight is 430 g/mol. The quantitative estimate of drug-likeness (QED) is 0.467. The van der Waals surface area contributed by atoms with Crippen molar-refractivity contribution in [2.45, 2.75) is 51.6 Å². The van der Waals surface area contributed by atoms with Crippen molar-refractivity contribution in [1.82, 2.24) is 20.4 Å². The summed E-state index contributed by atoms with van der Waals surface area (Å²) in [4.78, 5) is 9.63. The highest BCUT2D eigenvalue weighted by atomic mass is 16.5. The van der Waals surface area contributed by atoms with Gasteiger partial charge in [-0.05, 0) is 37.7 Å². The van der Waals surface area contributed by atoms with E-state index in [2.05, 4.69) is 76.5 Å². The highest BCUT2D eigenvalue weighted by Gasteiger charge is 2.31. The smallest absolute Gasteiger partial charge is 0.193 e. The van der Waals surface area contributed by atoms with Gasteiger partial charge in [0.15, 0.2) is 5.96 Å². The molecule has 2 aliphatic rings. The molecule has 2 saturated heterocycles. The lowest BCUT2D eigenvalue weighted by atomic mass is 9.90. The van der Waals surface area contributed by atoms with Crippen LogP contribution in [0.25, 0.3) is 0 Å². The summed E-state index contributed by atoms with van der Waals surface area (Å²) in [5.74, 6) is 1.76. The molecule has 1 aromatic carbocycles. The summed E-state index contributed by atoms with van der Waals surface area (Å²) < 4.78 is 5.49. The molecule has 2 aliphatic heterocycles. The Morgan fingerprint density at radius 2 is 1.87 bits per heavy atom. The molecule has 0 aliphatic carbocycles. The average Bonchev–Trinajstić information content (AvgIpc) is 3.28. The molecule has 2 unspecified atom stereocenters. The van der Waals surface area contributed by atoms with Crippen molar-refractivity contribution in [2.24, 2.45) is 10.9 Å². The Morgan fingerprint density at radius 1 is 1.16 bits per heavy atom. The van der Waals surface area contributed by atoms with E-state index in [1.54, 1.807) is 0 Å². The van der Waals surface area contributed by atoms with Crippen LogP contribution in [0.15, 0.2) is 35.3 Å². The Balaban J connectivity index is 1.53. The van der Waals surface area contributed by atoms with Crippen LogP contribution < -0.4 is 10.6 Å². The monoisotopic (exact) mass is 429 g/mol. The molecular formula is C25H43N5O. The fraction of sp³-hybridized carbons (Fsp3) is 0.720. The van der Waals surface area contributed by atoms with E-state index in [4.69, 9.17) is 4.74 Å². The topological polar surface area (TPSA) is 52.1 Å². The van der Waals surface area contributed by atoms with Crippen molar-refractivity contribution >= 4 is 5.96 Å². The van der Waals surface area contributed by atoms with Crippen LogP contribution in [0.3, 0.4) is 0 Å². The minimum atomic E-state index is 0.0398. The predicted octanol–water partition coefficient (Wildman–Crippen LogP) is 3.13. The van der Waals surface area contributed by atoms with Gasteiger partial charge >= 0.3 is 0 Å². The van der Waals surface area contributed by atoms with Crippen LogP contribution in [0.1, 0.15) is 51.6 Å². The summed E-state index contributed by atoms with van der Waals surface area (Å²) >= 11 is 0. The Hall–Kier alpha value is -1.63. The third-order valence-electron chi connectivity index (χ3n) is 7.18. The lowest BCUT2D eigenvalue weighted by Crippen LogP contribution is -2.55. The third-order valence-corrected chi connectivity index (χ3v) is 7.18. The van der Waals surface area contributed by atoms with Gasteiger partial charge in [-0.2, -0.15) is 0 Å². The van der Waals surface area contributed by atoms with Gasteiger partial charge in [-0.25, -0.2) is 0 Å². The number of aliphatic imine (C=N–C) groups is 1. The highest BCUT2D eigenvalue weighted by Crippen LogP contribution is 2.22. The molecule has 0 bridgehead atoms. The van der Waals surface area contributed by atoms with Crippen LogP contribution in [-0.2, 0) is 4.74 Å². The number of guanidine groups is 1. The number of morpholine rings is 1. The molecule has 0 amide bonds. The lowest BCUT2D eigenvalue weighted by molar-refractivity contribution is 0.0315. The third kappa shape index (κ3) is 6.67. The maximum atomic E-state index is 5.49. The second-order valence-corrected chi connectivity index (χ2v) is 9.18. The molecule has 6 heteroatoms. The molecule has 31 heavy (non-hydrogen) atoms. The van der Waals surface area contributed by atoms with Crippen molar-refractivity contribution in [3.05, 3.63) is 35.9 Å². The van der Waals surface area contributed by atoms with Crippen molar-refractivity contribution in [3.8, 4) is 0 Å². The van der Waals surface area contributed by atoms with Gasteiger partial charge in [0.1, 0.15) is 0 Å². The first-order valence-electron chi connectivity index (χ1n) is 12.2. The summed E-state index contributed by atoms with van der Waals surface area (Å²) in [7, 11) is 1.91. The summed E-state index contributed by atoms with van der Waals surface area (Å²) in [5.41, 5.74) is 1.38. The van der Waals surface area contributed by atoms with Gasteiger partial charge < -0.3 is 20.3 Å². The van der Waals surface area contributed by atoms with Gasteiger partial charge in [0.2, 0.25) is 0 Å². The Bertz CT molecular complexity index is 670. The van der Waals surface area contributed by atoms with Crippen LogP contribution in [0.4, 0.5) is 0 Å². The standard InChI is InChI=1S/C25H43N5O/c1-5-25(6-2,28-21(3)23-10-8-7-9-11-23)20-27-24(26-4)30-13-12-22(19-30)18-29-14-16-31-17-15-29/h7-11,21-22,28H,5-6,12-20H2,1-4H3,(H,26,27). The molecule has 2 heterocycles. The number of nitrogens with zero attached hydrogens (tertiary/aromatic N) is 3. The molecule has 0 spiro atoms. The normalized spacial score (nSPS) is 22.0. The SMILES string of the molecule is CCC(CC)(CNC(=NC)N1CCC(CN2CCOCC2)C1)NC(C)c1ccccc1. The molecular weight excluding hydrogens is 386 g/mol. The number of hydrogen-bond acceptors (Lipinski definition) is 4. The number of hydrogen-bond donors (Lipinski definition) is 2. The molecule has 0 aromatic heterocycles. The molecule has 6 nitrogen and oxygen atoms in total. The van der Waals surface area contributed by atoms with E-state index in [9.17, 15) is 0 Å². The summed E-state index contributed by atoms with van der Waals surface area (Å²) in [6.45, 7) is 15.0. The summed E-state index contributed by atoms with van der Waals surface area (Å²) in [5, 5.41) is 7.64.